The van der Waals surface area contributed by atoms with Gasteiger partial charge in [0.05, 0.1) is 10.7 Å². The summed E-state index contributed by atoms with van der Waals surface area (Å²) in [5, 5.41) is 13.8. The fourth-order valence-corrected chi connectivity index (χ4v) is 3.62. The molecule has 0 radical (unpaired) electrons. The zero-order valence-corrected chi connectivity index (χ0v) is 15.6. The van der Waals surface area contributed by atoms with Crippen molar-refractivity contribution in [2.75, 3.05) is 4.90 Å². The van der Waals surface area contributed by atoms with Crippen LogP contribution in [0.1, 0.15) is 5.89 Å². The Morgan fingerprint density at radius 2 is 1.76 bits per heavy atom. The van der Waals surface area contributed by atoms with E-state index in [0.717, 1.165) is 4.90 Å². The molecule has 2 aliphatic heterocycles. The summed E-state index contributed by atoms with van der Waals surface area (Å²) in [7, 11) is 0. The molecule has 1 fully saturated rings. The summed E-state index contributed by atoms with van der Waals surface area (Å²) in [6, 6.07) is 14.2. The number of amides is 2. The monoisotopic (exact) mass is 408 g/mol. The van der Waals surface area contributed by atoms with Gasteiger partial charge in [-0.15, -0.1) is 0 Å². The molecule has 0 bridgehead atoms. The highest BCUT2D eigenvalue weighted by molar-refractivity contribution is 6.33. The van der Waals surface area contributed by atoms with Crippen LogP contribution in [-0.4, -0.2) is 39.0 Å². The van der Waals surface area contributed by atoms with E-state index >= 15 is 0 Å². The Balaban J connectivity index is 1.38. The van der Waals surface area contributed by atoms with Crippen molar-refractivity contribution in [2.45, 2.75) is 18.6 Å². The van der Waals surface area contributed by atoms with E-state index in [0.29, 0.717) is 22.1 Å². The minimum Gasteiger partial charge on any atom is -0.337 e. The molecule has 2 aromatic carbocycles. The van der Waals surface area contributed by atoms with Crippen molar-refractivity contribution in [3.05, 3.63) is 65.5 Å². The third-order valence-corrected chi connectivity index (χ3v) is 5.08. The first-order chi connectivity index (χ1) is 14.1. The molecule has 0 spiro atoms. The maximum atomic E-state index is 12.9. The Morgan fingerprint density at radius 3 is 2.55 bits per heavy atom. The van der Waals surface area contributed by atoms with E-state index in [1.807, 2.05) is 12.1 Å². The number of hydrogen-bond acceptors (Lipinski definition) is 8. The van der Waals surface area contributed by atoms with Crippen LogP contribution in [0.15, 0.2) is 69.5 Å². The first kappa shape index (κ1) is 17.5. The number of fused-ring (bicyclic) bond motifs is 1. The molecule has 29 heavy (non-hydrogen) atoms. The average Bonchev–Trinajstić information content (AvgIpc) is 3.42. The predicted octanol–water partition coefficient (Wildman–Crippen LogP) is 2.88. The van der Waals surface area contributed by atoms with Gasteiger partial charge < -0.3 is 4.52 Å². The van der Waals surface area contributed by atoms with E-state index in [9.17, 15) is 9.59 Å². The molecule has 10 heteroatoms. The SMILES string of the molecule is O=C1[C@@H]2[C@@H](N=NN2Cc2nc(-c3ccccc3Cl)no2)C(=O)N1c1ccccc1. The molecular weight excluding hydrogens is 396 g/mol. The Labute approximate surface area is 169 Å². The van der Waals surface area contributed by atoms with Crippen LogP contribution in [0.2, 0.25) is 5.02 Å². The molecule has 0 unspecified atom stereocenters. The number of rotatable bonds is 4. The summed E-state index contributed by atoms with van der Waals surface area (Å²) in [4.78, 5) is 31.1. The number of anilines is 1. The van der Waals surface area contributed by atoms with Crippen molar-refractivity contribution >= 4 is 29.1 Å². The van der Waals surface area contributed by atoms with Crippen LogP contribution in [0.5, 0.6) is 0 Å². The Kier molecular flexibility index (Phi) is 4.09. The van der Waals surface area contributed by atoms with Gasteiger partial charge in [-0.25, -0.2) is 4.90 Å². The first-order valence-electron chi connectivity index (χ1n) is 8.81. The number of benzene rings is 2. The summed E-state index contributed by atoms with van der Waals surface area (Å²) in [5.41, 5.74) is 1.14. The molecule has 0 aliphatic carbocycles. The standard InChI is InChI=1S/C19H13ClN6O3/c20-13-9-5-4-8-12(13)17-21-14(29-23-17)10-25-16-15(22-24-25)18(27)26(19(16)28)11-6-2-1-3-7-11/h1-9,15-16H,10H2/t15-,16+/m1/s1. The quantitative estimate of drug-likeness (QED) is 0.615. The number of carbonyl (C=O) groups is 2. The third kappa shape index (κ3) is 2.87. The summed E-state index contributed by atoms with van der Waals surface area (Å²) >= 11 is 6.17. The smallest absolute Gasteiger partial charge is 0.263 e. The number of para-hydroxylation sites is 1. The lowest BCUT2D eigenvalue weighted by atomic mass is 10.1. The largest absolute Gasteiger partial charge is 0.337 e. The van der Waals surface area contributed by atoms with Crippen molar-refractivity contribution in [1.29, 1.82) is 0 Å². The minimum absolute atomic E-state index is 0.0454. The second kappa shape index (κ2) is 6.78. The first-order valence-corrected chi connectivity index (χ1v) is 9.19. The molecule has 0 N–H and O–H groups in total. The van der Waals surface area contributed by atoms with E-state index in [2.05, 4.69) is 20.5 Å². The number of halogens is 1. The van der Waals surface area contributed by atoms with Crippen LogP contribution in [0.3, 0.4) is 0 Å². The summed E-state index contributed by atoms with van der Waals surface area (Å²) in [6.45, 7) is 0.0454. The van der Waals surface area contributed by atoms with Gasteiger partial charge in [0.25, 0.3) is 11.8 Å². The average molecular weight is 409 g/mol. The molecule has 9 nitrogen and oxygen atoms in total. The molecule has 0 saturated carbocycles. The topological polar surface area (TPSA) is 104 Å². The highest BCUT2D eigenvalue weighted by Gasteiger charge is 2.55. The van der Waals surface area contributed by atoms with Gasteiger partial charge in [-0.2, -0.15) is 10.1 Å². The number of imide groups is 1. The number of carbonyl (C=O) groups excluding carboxylic acids is 2. The fourth-order valence-electron chi connectivity index (χ4n) is 3.39. The predicted molar refractivity (Wildman–Crippen MR) is 102 cm³/mol. The van der Waals surface area contributed by atoms with Crippen molar-refractivity contribution < 1.29 is 14.1 Å². The van der Waals surface area contributed by atoms with E-state index in [1.54, 1.807) is 42.5 Å². The van der Waals surface area contributed by atoms with E-state index in [4.69, 9.17) is 16.1 Å². The van der Waals surface area contributed by atoms with Crippen LogP contribution < -0.4 is 4.90 Å². The van der Waals surface area contributed by atoms with Gasteiger partial charge in [0.15, 0.2) is 12.1 Å². The molecule has 144 valence electrons. The van der Waals surface area contributed by atoms with Crippen molar-refractivity contribution in [3.8, 4) is 11.4 Å². The van der Waals surface area contributed by atoms with Crippen LogP contribution in [-0.2, 0) is 16.1 Å². The second-order valence-corrected chi connectivity index (χ2v) is 6.94. The van der Waals surface area contributed by atoms with Crippen LogP contribution in [0.25, 0.3) is 11.4 Å². The number of aromatic nitrogens is 2. The van der Waals surface area contributed by atoms with E-state index in [-0.39, 0.29) is 18.3 Å². The van der Waals surface area contributed by atoms with Crippen LogP contribution >= 0.6 is 11.6 Å². The maximum Gasteiger partial charge on any atom is 0.263 e. The molecule has 1 saturated heterocycles. The highest BCUT2D eigenvalue weighted by Crippen LogP contribution is 2.33. The lowest BCUT2D eigenvalue weighted by Crippen LogP contribution is -2.39. The summed E-state index contributed by atoms with van der Waals surface area (Å²) in [6.07, 6.45) is 0. The molecule has 1 aromatic heterocycles. The van der Waals surface area contributed by atoms with Gasteiger partial charge >= 0.3 is 0 Å². The van der Waals surface area contributed by atoms with Crippen molar-refractivity contribution in [1.82, 2.24) is 15.1 Å². The summed E-state index contributed by atoms with van der Waals surface area (Å²) < 4.78 is 5.29. The Morgan fingerprint density at radius 1 is 1.00 bits per heavy atom. The molecule has 3 heterocycles. The lowest BCUT2D eigenvalue weighted by Gasteiger charge is -2.19. The van der Waals surface area contributed by atoms with Gasteiger partial charge in [0, 0.05) is 5.56 Å². The number of nitrogens with zero attached hydrogens (tertiary/aromatic N) is 6. The molecule has 3 aromatic rings. The summed E-state index contributed by atoms with van der Waals surface area (Å²) in [5.74, 6) is -0.224. The third-order valence-electron chi connectivity index (χ3n) is 4.75. The fraction of sp³-hybridized carbons (Fsp3) is 0.158. The highest BCUT2D eigenvalue weighted by atomic mass is 35.5. The zero-order valence-electron chi connectivity index (χ0n) is 14.8. The second-order valence-electron chi connectivity index (χ2n) is 6.53. The Hall–Kier alpha value is -3.59. The van der Waals surface area contributed by atoms with Gasteiger partial charge in [-0.05, 0) is 24.3 Å². The molecular formula is C19H13ClN6O3. The molecule has 2 amide bonds. The zero-order chi connectivity index (χ0) is 20.0. The van der Waals surface area contributed by atoms with Crippen LogP contribution in [0, 0.1) is 0 Å². The van der Waals surface area contributed by atoms with Crippen molar-refractivity contribution in [3.63, 3.8) is 0 Å². The lowest BCUT2D eigenvalue weighted by molar-refractivity contribution is -0.123. The molecule has 2 aliphatic rings. The van der Waals surface area contributed by atoms with Gasteiger partial charge in [0.1, 0.15) is 6.54 Å². The normalized spacial score (nSPS) is 20.6. The molecule has 2 atom stereocenters. The van der Waals surface area contributed by atoms with Gasteiger partial charge in [-0.1, -0.05) is 52.3 Å². The van der Waals surface area contributed by atoms with E-state index < -0.39 is 18.0 Å². The number of hydrogen-bond donors (Lipinski definition) is 0. The van der Waals surface area contributed by atoms with Crippen molar-refractivity contribution in [2.24, 2.45) is 10.3 Å². The molecule has 5 rings (SSSR count). The van der Waals surface area contributed by atoms with Crippen LogP contribution in [0.4, 0.5) is 5.69 Å². The Bertz CT molecular complexity index is 1130. The van der Waals surface area contributed by atoms with E-state index in [1.165, 1.54) is 5.01 Å². The van der Waals surface area contributed by atoms with Gasteiger partial charge in [-0.3, -0.25) is 14.6 Å². The maximum absolute atomic E-state index is 12.9. The minimum atomic E-state index is -0.881. The van der Waals surface area contributed by atoms with Gasteiger partial charge in [0.2, 0.25) is 11.7 Å².